The second-order valence-electron chi connectivity index (χ2n) is 7.95. The molecule has 1 saturated heterocycles. The number of imide groups is 1. The highest BCUT2D eigenvalue weighted by atomic mass is 35.5. The van der Waals surface area contributed by atoms with Crippen molar-refractivity contribution in [1.82, 2.24) is 10.2 Å². The van der Waals surface area contributed by atoms with Crippen LogP contribution in [0.2, 0.25) is 5.02 Å². The van der Waals surface area contributed by atoms with Gasteiger partial charge in [0.2, 0.25) is 0 Å². The van der Waals surface area contributed by atoms with E-state index in [4.69, 9.17) is 21.1 Å². The molecule has 0 bridgehead atoms. The molecule has 1 aromatic rings. The highest BCUT2D eigenvalue weighted by Gasteiger charge is 2.55. The maximum Gasteiger partial charge on any atom is 0.326 e. The number of aryl methyl sites for hydroxylation is 1. The van der Waals surface area contributed by atoms with Gasteiger partial charge in [-0.3, -0.25) is 19.3 Å². The number of rotatable bonds is 6. The Balaban J connectivity index is 1.56. The molecular weight excluding hydrogens is 426 g/mol. The maximum absolute atomic E-state index is 12.9. The number of carbonyl (C=O) groups is 4. The van der Waals surface area contributed by atoms with Crippen LogP contribution in [-0.4, -0.2) is 54.5 Å². The van der Waals surface area contributed by atoms with Gasteiger partial charge >= 0.3 is 12.0 Å². The van der Waals surface area contributed by atoms with E-state index >= 15 is 0 Å². The molecule has 1 aromatic carbocycles. The fourth-order valence-electron chi connectivity index (χ4n) is 4.08. The minimum absolute atomic E-state index is 0.0117. The van der Waals surface area contributed by atoms with Crippen LogP contribution in [0.4, 0.5) is 10.5 Å². The fourth-order valence-corrected chi connectivity index (χ4v) is 4.23. The molecule has 2 atom stereocenters. The summed E-state index contributed by atoms with van der Waals surface area (Å²) in [6, 6.07) is 2.60. The summed E-state index contributed by atoms with van der Waals surface area (Å²) >= 11 is 6.04. The van der Waals surface area contributed by atoms with E-state index in [1.807, 2.05) is 6.92 Å². The van der Waals surface area contributed by atoms with Gasteiger partial charge < -0.3 is 20.1 Å². The second-order valence-corrected chi connectivity index (χ2v) is 8.36. The molecule has 1 aliphatic heterocycles. The average molecular weight is 452 g/mol. The highest BCUT2D eigenvalue weighted by Crippen LogP contribution is 2.38. The van der Waals surface area contributed by atoms with Crippen molar-refractivity contribution in [2.24, 2.45) is 5.92 Å². The molecule has 2 unspecified atom stereocenters. The summed E-state index contributed by atoms with van der Waals surface area (Å²) in [5, 5.41) is 5.84. The van der Waals surface area contributed by atoms with Crippen LogP contribution in [0.3, 0.4) is 0 Å². The molecule has 2 aliphatic rings. The molecule has 1 spiro atoms. The van der Waals surface area contributed by atoms with E-state index < -0.39 is 42.5 Å². The molecule has 0 radical (unpaired) electrons. The monoisotopic (exact) mass is 451 g/mol. The zero-order valence-electron chi connectivity index (χ0n) is 17.7. The molecule has 1 heterocycles. The Morgan fingerprint density at radius 2 is 2.06 bits per heavy atom. The van der Waals surface area contributed by atoms with Gasteiger partial charge in [0.25, 0.3) is 11.8 Å². The number of halogens is 1. The Morgan fingerprint density at radius 3 is 2.74 bits per heavy atom. The topological polar surface area (TPSA) is 114 Å². The number of carbonyl (C=O) groups excluding carboxylic acids is 4. The third kappa shape index (κ3) is 4.61. The first-order chi connectivity index (χ1) is 14.7. The number of amides is 4. The Morgan fingerprint density at radius 1 is 1.32 bits per heavy atom. The van der Waals surface area contributed by atoms with Gasteiger partial charge in [0.1, 0.15) is 17.8 Å². The highest BCUT2D eigenvalue weighted by molar-refractivity contribution is 6.31. The summed E-state index contributed by atoms with van der Waals surface area (Å²) in [7, 11) is 1.44. The van der Waals surface area contributed by atoms with Gasteiger partial charge in [0.15, 0.2) is 6.61 Å². The lowest BCUT2D eigenvalue weighted by molar-refractivity contribution is -0.150. The number of methoxy groups -OCH3 is 1. The van der Waals surface area contributed by atoms with Crippen molar-refractivity contribution in [3.63, 3.8) is 0 Å². The summed E-state index contributed by atoms with van der Waals surface area (Å²) in [5.74, 6) is -1.50. The van der Waals surface area contributed by atoms with Crippen LogP contribution in [-0.2, 0) is 19.1 Å². The van der Waals surface area contributed by atoms with Gasteiger partial charge in [-0.25, -0.2) is 4.79 Å². The van der Waals surface area contributed by atoms with E-state index in [1.54, 1.807) is 19.1 Å². The Hall–Kier alpha value is -2.81. The molecule has 9 nitrogen and oxygen atoms in total. The minimum Gasteiger partial charge on any atom is -0.495 e. The van der Waals surface area contributed by atoms with E-state index in [0.29, 0.717) is 22.9 Å². The van der Waals surface area contributed by atoms with Gasteiger partial charge in [-0.15, -0.1) is 0 Å². The number of nitrogens with zero attached hydrogens (tertiary/aromatic N) is 1. The van der Waals surface area contributed by atoms with Crippen LogP contribution in [0.15, 0.2) is 12.1 Å². The van der Waals surface area contributed by atoms with Crippen molar-refractivity contribution in [3.05, 3.63) is 22.7 Å². The second kappa shape index (κ2) is 9.13. The molecule has 2 fully saturated rings. The predicted octanol–water partition coefficient (Wildman–Crippen LogP) is 2.64. The van der Waals surface area contributed by atoms with Crippen molar-refractivity contribution in [2.45, 2.75) is 45.1 Å². The number of esters is 1. The number of benzene rings is 1. The average Bonchev–Trinajstić information content (AvgIpc) is 2.96. The molecule has 31 heavy (non-hydrogen) atoms. The zero-order valence-corrected chi connectivity index (χ0v) is 18.5. The third-order valence-corrected chi connectivity index (χ3v) is 6.31. The Kier molecular flexibility index (Phi) is 6.74. The first-order valence-electron chi connectivity index (χ1n) is 10.1. The summed E-state index contributed by atoms with van der Waals surface area (Å²) in [4.78, 5) is 50.5. The minimum atomic E-state index is -0.948. The Labute approximate surface area is 185 Å². The molecule has 4 amide bonds. The lowest BCUT2D eigenvalue weighted by Gasteiger charge is -2.36. The van der Waals surface area contributed by atoms with Gasteiger partial charge in [-0.1, -0.05) is 31.4 Å². The molecule has 2 N–H and O–H groups in total. The SMILES string of the molecule is COc1cc(Cl)c(C)cc1NC(=O)COC(=O)CN1C(=O)NC2(CCCCC2C)C1=O. The lowest BCUT2D eigenvalue weighted by atomic mass is 9.73. The standard InChI is InChI=1S/C21H26ClN3O6/c1-12-8-15(16(30-3)9-14(12)22)23-17(26)11-31-18(27)10-25-19(28)21(24-20(25)29)7-5-4-6-13(21)2/h8-9,13H,4-7,10-11H2,1-3H3,(H,23,26)(H,24,29). The van der Waals surface area contributed by atoms with Crippen LogP contribution < -0.4 is 15.4 Å². The van der Waals surface area contributed by atoms with Gasteiger partial charge in [0, 0.05) is 11.1 Å². The predicted molar refractivity (Wildman–Crippen MR) is 113 cm³/mol. The van der Waals surface area contributed by atoms with Gasteiger partial charge in [-0.2, -0.15) is 0 Å². The van der Waals surface area contributed by atoms with Crippen LogP contribution >= 0.6 is 11.6 Å². The summed E-state index contributed by atoms with van der Waals surface area (Å²) in [6.07, 6.45) is 3.22. The molecule has 3 rings (SSSR count). The number of anilines is 1. The Bertz CT molecular complexity index is 921. The fraction of sp³-hybridized carbons (Fsp3) is 0.524. The smallest absolute Gasteiger partial charge is 0.326 e. The number of urea groups is 1. The van der Waals surface area contributed by atoms with E-state index in [-0.39, 0.29) is 5.92 Å². The van der Waals surface area contributed by atoms with Gasteiger partial charge in [0.05, 0.1) is 12.8 Å². The van der Waals surface area contributed by atoms with E-state index in [1.165, 1.54) is 7.11 Å². The summed E-state index contributed by atoms with van der Waals surface area (Å²) < 4.78 is 10.2. The van der Waals surface area contributed by atoms with Crippen molar-refractivity contribution >= 4 is 41.1 Å². The quantitative estimate of drug-likeness (QED) is 0.507. The maximum atomic E-state index is 12.9. The van der Waals surface area contributed by atoms with Crippen LogP contribution in [0.5, 0.6) is 5.75 Å². The van der Waals surface area contributed by atoms with E-state index in [9.17, 15) is 19.2 Å². The van der Waals surface area contributed by atoms with Crippen molar-refractivity contribution in [2.75, 3.05) is 25.6 Å². The van der Waals surface area contributed by atoms with E-state index in [2.05, 4.69) is 10.6 Å². The first-order valence-corrected chi connectivity index (χ1v) is 10.5. The number of hydrogen-bond acceptors (Lipinski definition) is 6. The van der Waals surface area contributed by atoms with Crippen LogP contribution in [0.1, 0.15) is 38.2 Å². The normalized spacial score (nSPS) is 23.0. The van der Waals surface area contributed by atoms with Crippen LogP contribution in [0.25, 0.3) is 0 Å². The van der Waals surface area contributed by atoms with Crippen molar-refractivity contribution in [3.8, 4) is 5.75 Å². The molecule has 0 aromatic heterocycles. The molecule has 168 valence electrons. The molecule has 10 heteroatoms. The summed E-state index contributed by atoms with van der Waals surface area (Å²) in [6.45, 7) is 2.58. The number of nitrogens with one attached hydrogen (secondary N) is 2. The molecular formula is C21H26ClN3O6. The number of hydrogen-bond donors (Lipinski definition) is 2. The van der Waals surface area contributed by atoms with E-state index in [0.717, 1.165) is 29.7 Å². The van der Waals surface area contributed by atoms with Gasteiger partial charge in [-0.05, 0) is 37.3 Å². The zero-order chi connectivity index (χ0) is 22.8. The lowest BCUT2D eigenvalue weighted by Crippen LogP contribution is -2.54. The third-order valence-electron chi connectivity index (χ3n) is 5.91. The molecule has 1 aliphatic carbocycles. The van der Waals surface area contributed by atoms with Crippen LogP contribution in [0, 0.1) is 12.8 Å². The first kappa shape index (κ1) is 22.9. The number of ether oxygens (including phenoxy) is 2. The summed E-state index contributed by atoms with van der Waals surface area (Å²) in [5.41, 5.74) is 0.169. The molecule has 1 saturated carbocycles. The van der Waals surface area contributed by atoms with Crippen molar-refractivity contribution < 1.29 is 28.7 Å². The largest absolute Gasteiger partial charge is 0.495 e. The van der Waals surface area contributed by atoms with Crippen molar-refractivity contribution in [1.29, 1.82) is 0 Å².